The summed E-state index contributed by atoms with van der Waals surface area (Å²) in [6.07, 6.45) is 1.88. The van der Waals surface area contributed by atoms with Gasteiger partial charge in [-0.15, -0.1) is 0 Å². The van der Waals surface area contributed by atoms with Gasteiger partial charge in [0.2, 0.25) is 0 Å². The van der Waals surface area contributed by atoms with E-state index in [1.54, 1.807) is 4.90 Å². The van der Waals surface area contributed by atoms with Gasteiger partial charge in [0.15, 0.2) is 0 Å². The molecule has 1 fully saturated rings. The zero-order chi connectivity index (χ0) is 12.9. The molecule has 1 aliphatic rings. The molecule has 0 aromatic carbocycles. The molecule has 0 spiro atoms. The van der Waals surface area contributed by atoms with Crippen LogP contribution in [0.4, 0.5) is 4.79 Å². The molecule has 4 nitrogen and oxygen atoms in total. The van der Waals surface area contributed by atoms with E-state index in [1.807, 2.05) is 6.92 Å². The van der Waals surface area contributed by atoms with Crippen LogP contribution in [0.15, 0.2) is 0 Å². The van der Waals surface area contributed by atoms with Gasteiger partial charge in [-0.2, -0.15) is 0 Å². The number of hydrogen-bond donors (Lipinski definition) is 1. The fraction of sp³-hybridized carbons (Fsp3) is 0.923. The van der Waals surface area contributed by atoms with Crippen molar-refractivity contribution in [1.82, 2.24) is 10.2 Å². The van der Waals surface area contributed by atoms with Crippen LogP contribution >= 0.6 is 0 Å². The topological polar surface area (TPSA) is 41.6 Å². The van der Waals surface area contributed by atoms with Crippen LogP contribution in [0.1, 0.15) is 40.5 Å². The Balaban J connectivity index is 2.24. The molecule has 0 radical (unpaired) electrons. The average Bonchev–Trinajstić information content (AvgIpc) is 2.26. The van der Waals surface area contributed by atoms with Crippen LogP contribution in [0.3, 0.4) is 0 Å². The maximum atomic E-state index is 11.5. The van der Waals surface area contributed by atoms with E-state index in [1.165, 1.54) is 0 Å². The second-order valence-electron chi connectivity index (χ2n) is 5.90. The van der Waals surface area contributed by atoms with Crippen molar-refractivity contribution >= 4 is 6.09 Å². The van der Waals surface area contributed by atoms with Crippen LogP contribution in [0.2, 0.25) is 0 Å². The zero-order valence-corrected chi connectivity index (χ0v) is 11.6. The highest BCUT2D eigenvalue weighted by molar-refractivity contribution is 5.67. The lowest BCUT2D eigenvalue weighted by Gasteiger charge is -2.33. The SMILES string of the molecule is CCOC(=O)N1CCC(NCC(C)(C)C)CC1. The van der Waals surface area contributed by atoms with E-state index in [2.05, 4.69) is 26.1 Å². The summed E-state index contributed by atoms with van der Waals surface area (Å²) in [5.74, 6) is 0. The number of piperidine rings is 1. The van der Waals surface area contributed by atoms with Crippen molar-refractivity contribution in [2.75, 3.05) is 26.2 Å². The number of nitrogens with one attached hydrogen (secondary N) is 1. The Morgan fingerprint density at radius 1 is 1.35 bits per heavy atom. The predicted octanol–water partition coefficient (Wildman–Crippen LogP) is 2.24. The third-order valence-corrected chi connectivity index (χ3v) is 2.94. The Kier molecular flexibility index (Phi) is 5.25. The summed E-state index contributed by atoms with van der Waals surface area (Å²) in [4.78, 5) is 13.3. The van der Waals surface area contributed by atoms with Crippen LogP contribution < -0.4 is 5.32 Å². The van der Waals surface area contributed by atoms with E-state index >= 15 is 0 Å². The van der Waals surface area contributed by atoms with Gasteiger partial charge >= 0.3 is 6.09 Å². The molecule has 0 aliphatic carbocycles. The number of rotatable bonds is 3. The summed E-state index contributed by atoms with van der Waals surface area (Å²) in [5.41, 5.74) is 0.318. The quantitative estimate of drug-likeness (QED) is 0.825. The third kappa shape index (κ3) is 5.39. The molecule has 0 aromatic rings. The van der Waals surface area contributed by atoms with Crippen LogP contribution in [-0.4, -0.2) is 43.3 Å². The molecule has 1 amide bonds. The average molecular weight is 242 g/mol. The number of hydrogen-bond acceptors (Lipinski definition) is 3. The van der Waals surface area contributed by atoms with Crippen molar-refractivity contribution in [3.63, 3.8) is 0 Å². The van der Waals surface area contributed by atoms with Gasteiger partial charge in [-0.3, -0.25) is 0 Å². The second-order valence-corrected chi connectivity index (χ2v) is 5.90. The normalized spacial score (nSPS) is 18.2. The lowest BCUT2D eigenvalue weighted by molar-refractivity contribution is 0.0943. The summed E-state index contributed by atoms with van der Waals surface area (Å²) in [5, 5.41) is 3.57. The first-order valence-electron chi connectivity index (χ1n) is 6.57. The van der Waals surface area contributed by atoms with E-state index in [4.69, 9.17) is 4.74 Å². The van der Waals surface area contributed by atoms with Crippen LogP contribution in [-0.2, 0) is 4.74 Å². The smallest absolute Gasteiger partial charge is 0.409 e. The lowest BCUT2D eigenvalue weighted by atomic mass is 9.95. The molecule has 1 saturated heterocycles. The van der Waals surface area contributed by atoms with Gasteiger partial charge < -0.3 is 15.0 Å². The summed E-state index contributed by atoms with van der Waals surface area (Å²) in [6, 6.07) is 0.542. The summed E-state index contributed by atoms with van der Waals surface area (Å²) in [7, 11) is 0. The summed E-state index contributed by atoms with van der Waals surface area (Å²) >= 11 is 0. The zero-order valence-electron chi connectivity index (χ0n) is 11.6. The molecular weight excluding hydrogens is 216 g/mol. The molecule has 0 unspecified atom stereocenters. The van der Waals surface area contributed by atoms with Crippen LogP contribution in [0, 0.1) is 5.41 Å². The lowest BCUT2D eigenvalue weighted by Crippen LogP contribution is -2.46. The predicted molar refractivity (Wildman–Crippen MR) is 69.1 cm³/mol. The molecule has 0 aromatic heterocycles. The Morgan fingerprint density at radius 3 is 2.41 bits per heavy atom. The van der Waals surface area contributed by atoms with Gasteiger partial charge in [-0.1, -0.05) is 20.8 Å². The van der Waals surface area contributed by atoms with Gasteiger partial charge in [-0.05, 0) is 25.2 Å². The van der Waals surface area contributed by atoms with E-state index < -0.39 is 0 Å². The van der Waals surface area contributed by atoms with Crippen molar-refractivity contribution in [3.05, 3.63) is 0 Å². The van der Waals surface area contributed by atoms with Gasteiger partial charge in [0.05, 0.1) is 6.61 Å². The van der Waals surface area contributed by atoms with E-state index in [0.717, 1.165) is 32.5 Å². The molecule has 0 bridgehead atoms. The van der Waals surface area contributed by atoms with Gasteiger partial charge in [0, 0.05) is 25.7 Å². The number of ether oxygens (including phenoxy) is 1. The molecule has 4 heteroatoms. The fourth-order valence-electron chi connectivity index (χ4n) is 1.93. The van der Waals surface area contributed by atoms with Gasteiger partial charge in [0.25, 0.3) is 0 Å². The van der Waals surface area contributed by atoms with Gasteiger partial charge in [-0.25, -0.2) is 4.79 Å². The van der Waals surface area contributed by atoms with Crippen LogP contribution in [0.5, 0.6) is 0 Å². The Bertz CT molecular complexity index is 240. The highest BCUT2D eigenvalue weighted by Crippen LogP contribution is 2.15. The molecule has 1 aliphatic heterocycles. The summed E-state index contributed by atoms with van der Waals surface area (Å²) < 4.78 is 5.00. The van der Waals surface area contributed by atoms with Crippen molar-refractivity contribution < 1.29 is 9.53 Å². The molecule has 0 atom stereocenters. The number of likely N-dealkylation sites (tertiary alicyclic amines) is 1. The molecule has 0 saturated carbocycles. The number of nitrogens with zero attached hydrogens (tertiary/aromatic N) is 1. The molecule has 1 heterocycles. The number of carbonyl (C=O) groups is 1. The second kappa shape index (κ2) is 6.24. The van der Waals surface area contributed by atoms with Crippen molar-refractivity contribution in [1.29, 1.82) is 0 Å². The largest absolute Gasteiger partial charge is 0.450 e. The van der Waals surface area contributed by atoms with Crippen molar-refractivity contribution in [2.24, 2.45) is 5.41 Å². The van der Waals surface area contributed by atoms with Crippen molar-refractivity contribution in [2.45, 2.75) is 46.6 Å². The van der Waals surface area contributed by atoms with Gasteiger partial charge in [0.1, 0.15) is 0 Å². The standard InChI is InChI=1S/C13H26N2O2/c1-5-17-12(16)15-8-6-11(7-9-15)14-10-13(2,3)4/h11,14H,5-10H2,1-4H3. The third-order valence-electron chi connectivity index (χ3n) is 2.94. The first-order chi connectivity index (χ1) is 7.92. The molecular formula is C13H26N2O2. The molecule has 100 valence electrons. The minimum atomic E-state index is -0.165. The van der Waals surface area contributed by atoms with E-state index in [9.17, 15) is 4.79 Å². The number of amides is 1. The molecule has 1 N–H and O–H groups in total. The Labute approximate surface area is 105 Å². The maximum absolute atomic E-state index is 11.5. The monoisotopic (exact) mass is 242 g/mol. The van der Waals surface area contributed by atoms with E-state index in [0.29, 0.717) is 18.1 Å². The first kappa shape index (κ1) is 14.3. The Hall–Kier alpha value is -0.770. The molecule has 1 rings (SSSR count). The Morgan fingerprint density at radius 2 is 1.94 bits per heavy atom. The molecule has 17 heavy (non-hydrogen) atoms. The highest BCUT2D eigenvalue weighted by Gasteiger charge is 2.24. The van der Waals surface area contributed by atoms with Crippen LogP contribution in [0.25, 0.3) is 0 Å². The fourth-order valence-corrected chi connectivity index (χ4v) is 1.93. The summed E-state index contributed by atoms with van der Waals surface area (Å²) in [6.45, 7) is 11.6. The van der Waals surface area contributed by atoms with E-state index in [-0.39, 0.29) is 6.09 Å². The highest BCUT2D eigenvalue weighted by atomic mass is 16.6. The minimum absolute atomic E-state index is 0.165. The minimum Gasteiger partial charge on any atom is -0.450 e. The van der Waals surface area contributed by atoms with Crippen molar-refractivity contribution in [3.8, 4) is 0 Å². The number of carbonyl (C=O) groups excluding carboxylic acids is 1. The first-order valence-corrected chi connectivity index (χ1v) is 6.57. The maximum Gasteiger partial charge on any atom is 0.409 e.